The summed E-state index contributed by atoms with van der Waals surface area (Å²) in [6, 6.07) is 7.20. The van der Waals surface area contributed by atoms with Crippen molar-refractivity contribution in [1.82, 2.24) is 0 Å². The molecule has 1 aliphatic rings. The molecular formula is C17H24N2O3. The van der Waals surface area contributed by atoms with Crippen molar-refractivity contribution in [2.45, 2.75) is 33.7 Å². The van der Waals surface area contributed by atoms with E-state index in [1.807, 2.05) is 52.0 Å². The monoisotopic (exact) mass is 304 g/mol. The lowest BCUT2D eigenvalue weighted by Crippen LogP contribution is -2.51. The number of ether oxygens (including phenoxy) is 1. The molecule has 0 fully saturated rings. The molecule has 2 rings (SSSR count). The van der Waals surface area contributed by atoms with Crippen LogP contribution in [0.4, 0.5) is 11.4 Å². The predicted octanol–water partition coefficient (Wildman–Crippen LogP) is 2.67. The number of amides is 1. The fourth-order valence-corrected chi connectivity index (χ4v) is 2.40. The van der Waals surface area contributed by atoms with E-state index in [0.717, 1.165) is 11.4 Å². The Labute approximate surface area is 131 Å². The lowest BCUT2D eigenvalue weighted by atomic mass is 9.99. The van der Waals surface area contributed by atoms with Crippen molar-refractivity contribution in [3.05, 3.63) is 24.3 Å². The first-order valence-electron chi connectivity index (χ1n) is 7.72. The lowest BCUT2D eigenvalue weighted by molar-refractivity contribution is -0.144. The summed E-state index contributed by atoms with van der Waals surface area (Å²) >= 11 is 0. The summed E-state index contributed by atoms with van der Waals surface area (Å²) in [5.41, 5.74) is 1.60. The first-order valence-corrected chi connectivity index (χ1v) is 7.72. The molecule has 120 valence electrons. The molecule has 0 aliphatic carbocycles. The summed E-state index contributed by atoms with van der Waals surface area (Å²) < 4.78 is 5.21. The average Bonchev–Trinajstić information content (AvgIpc) is 2.47. The van der Waals surface area contributed by atoms with Gasteiger partial charge in [0.25, 0.3) is 0 Å². The smallest absolute Gasteiger partial charge is 0.326 e. The van der Waals surface area contributed by atoms with E-state index in [1.165, 1.54) is 4.90 Å². The van der Waals surface area contributed by atoms with Gasteiger partial charge in [0.05, 0.1) is 18.0 Å². The van der Waals surface area contributed by atoms with Gasteiger partial charge in [-0.1, -0.05) is 39.8 Å². The Morgan fingerprint density at radius 1 is 1.27 bits per heavy atom. The standard InChI is InChI=1S/C17H24N2O3/c1-11(2)10-22-15(20)9-19-14-8-6-5-7-13(14)18-16(12(3)4)17(19)21/h5-8,11-12,16,18H,9-10H2,1-4H3. The highest BCUT2D eigenvalue weighted by atomic mass is 16.5. The average molecular weight is 304 g/mol. The van der Waals surface area contributed by atoms with Gasteiger partial charge >= 0.3 is 5.97 Å². The molecule has 1 N–H and O–H groups in total. The second kappa shape index (κ2) is 6.81. The number of esters is 1. The minimum absolute atomic E-state index is 0.0481. The van der Waals surface area contributed by atoms with Crippen LogP contribution in [0, 0.1) is 11.8 Å². The van der Waals surface area contributed by atoms with Crippen molar-refractivity contribution in [2.75, 3.05) is 23.4 Å². The molecule has 1 heterocycles. The fraction of sp³-hybridized carbons (Fsp3) is 0.529. The van der Waals surface area contributed by atoms with Gasteiger partial charge in [0.1, 0.15) is 12.6 Å². The maximum Gasteiger partial charge on any atom is 0.326 e. The van der Waals surface area contributed by atoms with Crippen molar-refractivity contribution in [3.8, 4) is 0 Å². The molecule has 0 aromatic heterocycles. The first-order chi connectivity index (χ1) is 10.4. The van der Waals surface area contributed by atoms with E-state index in [9.17, 15) is 9.59 Å². The van der Waals surface area contributed by atoms with Crippen LogP contribution in [-0.4, -0.2) is 31.1 Å². The minimum atomic E-state index is -0.374. The number of anilines is 2. The van der Waals surface area contributed by atoms with Gasteiger partial charge in [0, 0.05) is 0 Å². The van der Waals surface area contributed by atoms with E-state index in [0.29, 0.717) is 6.61 Å². The molecule has 22 heavy (non-hydrogen) atoms. The normalized spacial score (nSPS) is 17.5. The molecule has 0 saturated carbocycles. The third-order valence-electron chi connectivity index (χ3n) is 3.57. The SMILES string of the molecule is CC(C)COC(=O)CN1C(=O)C(C(C)C)Nc2ccccc21. The molecule has 0 spiro atoms. The fourth-order valence-electron chi connectivity index (χ4n) is 2.40. The van der Waals surface area contributed by atoms with Gasteiger partial charge < -0.3 is 10.1 Å². The number of hydrogen-bond acceptors (Lipinski definition) is 4. The van der Waals surface area contributed by atoms with E-state index in [4.69, 9.17) is 4.74 Å². The highest BCUT2D eigenvalue weighted by molar-refractivity contribution is 6.07. The number of rotatable bonds is 5. The highest BCUT2D eigenvalue weighted by Gasteiger charge is 2.35. The number of para-hydroxylation sites is 2. The Hall–Kier alpha value is -2.04. The van der Waals surface area contributed by atoms with E-state index in [-0.39, 0.29) is 36.3 Å². The van der Waals surface area contributed by atoms with Gasteiger partial charge in [-0.05, 0) is 24.0 Å². The second-order valence-electron chi connectivity index (χ2n) is 6.38. The Bertz CT molecular complexity index is 555. The van der Waals surface area contributed by atoms with Gasteiger partial charge in [0.2, 0.25) is 5.91 Å². The number of carbonyl (C=O) groups is 2. The van der Waals surface area contributed by atoms with E-state index < -0.39 is 0 Å². The Balaban J connectivity index is 2.20. The molecular weight excluding hydrogens is 280 g/mol. The number of hydrogen-bond donors (Lipinski definition) is 1. The number of nitrogens with zero attached hydrogens (tertiary/aromatic N) is 1. The predicted molar refractivity (Wildman–Crippen MR) is 86.8 cm³/mol. The molecule has 5 heteroatoms. The van der Waals surface area contributed by atoms with Crippen LogP contribution in [0.5, 0.6) is 0 Å². The second-order valence-corrected chi connectivity index (χ2v) is 6.38. The molecule has 1 aliphatic heterocycles. The van der Waals surface area contributed by atoms with Crippen LogP contribution in [0.25, 0.3) is 0 Å². The van der Waals surface area contributed by atoms with Crippen LogP contribution >= 0.6 is 0 Å². The third kappa shape index (κ3) is 3.59. The number of carbonyl (C=O) groups excluding carboxylic acids is 2. The van der Waals surface area contributed by atoms with Gasteiger partial charge in [-0.15, -0.1) is 0 Å². The van der Waals surface area contributed by atoms with Gasteiger partial charge in [-0.2, -0.15) is 0 Å². The largest absolute Gasteiger partial charge is 0.464 e. The molecule has 1 aromatic rings. The van der Waals surface area contributed by atoms with Crippen LogP contribution in [0.15, 0.2) is 24.3 Å². The third-order valence-corrected chi connectivity index (χ3v) is 3.57. The summed E-state index contributed by atoms with van der Waals surface area (Å²) in [6.07, 6.45) is 0. The summed E-state index contributed by atoms with van der Waals surface area (Å²) in [5.74, 6) is -0.0510. The Morgan fingerprint density at radius 3 is 2.59 bits per heavy atom. The first kappa shape index (κ1) is 16.3. The zero-order valence-electron chi connectivity index (χ0n) is 13.6. The van der Waals surface area contributed by atoms with E-state index in [1.54, 1.807) is 0 Å². The van der Waals surface area contributed by atoms with Crippen LogP contribution in [0.2, 0.25) is 0 Å². The van der Waals surface area contributed by atoms with Crippen LogP contribution in [-0.2, 0) is 14.3 Å². The van der Waals surface area contributed by atoms with Gasteiger partial charge in [0.15, 0.2) is 0 Å². The minimum Gasteiger partial charge on any atom is -0.464 e. The highest BCUT2D eigenvalue weighted by Crippen LogP contribution is 2.32. The van der Waals surface area contributed by atoms with E-state index in [2.05, 4.69) is 5.32 Å². The number of benzene rings is 1. The van der Waals surface area contributed by atoms with Crippen LogP contribution < -0.4 is 10.2 Å². The zero-order chi connectivity index (χ0) is 16.3. The van der Waals surface area contributed by atoms with Crippen molar-refractivity contribution in [2.24, 2.45) is 11.8 Å². The van der Waals surface area contributed by atoms with Crippen molar-refractivity contribution in [3.63, 3.8) is 0 Å². The van der Waals surface area contributed by atoms with Gasteiger partial charge in [-0.3, -0.25) is 14.5 Å². The van der Waals surface area contributed by atoms with Crippen LogP contribution in [0.1, 0.15) is 27.7 Å². The molecule has 1 amide bonds. The molecule has 1 atom stereocenters. The molecule has 0 saturated heterocycles. The van der Waals surface area contributed by atoms with Crippen molar-refractivity contribution in [1.29, 1.82) is 0 Å². The Kier molecular flexibility index (Phi) is 5.06. The van der Waals surface area contributed by atoms with Gasteiger partial charge in [-0.25, -0.2) is 0 Å². The molecule has 1 aromatic carbocycles. The lowest BCUT2D eigenvalue weighted by Gasteiger charge is -2.36. The summed E-state index contributed by atoms with van der Waals surface area (Å²) in [5, 5.41) is 3.26. The summed E-state index contributed by atoms with van der Waals surface area (Å²) in [7, 11) is 0. The Morgan fingerprint density at radius 2 is 1.95 bits per heavy atom. The van der Waals surface area contributed by atoms with Crippen molar-refractivity contribution >= 4 is 23.3 Å². The summed E-state index contributed by atoms with van der Waals surface area (Å²) in [4.78, 5) is 26.2. The maximum absolute atomic E-state index is 12.7. The van der Waals surface area contributed by atoms with Crippen molar-refractivity contribution < 1.29 is 14.3 Å². The quantitative estimate of drug-likeness (QED) is 0.850. The summed E-state index contributed by atoms with van der Waals surface area (Å²) in [6.45, 7) is 8.25. The molecule has 0 bridgehead atoms. The topological polar surface area (TPSA) is 58.6 Å². The molecule has 5 nitrogen and oxygen atoms in total. The maximum atomic E-state index is 12.7. The van der Waals surface area contributed by atoms with Crippen LogP contribution in [0.3, 0.4) is 0 Å². The number of fused-ring (bicyclic) bond motifs is 1. The number of nitrogens with one attached hydrogen (secondary N) is 1. The zero-order valence-corrected chi connectivity index (χ0v) is 13.6. The van der Waals surface area contributed by atoms with E-state index >= 15 is 0 Å². The molecule has 1 unspecified atom stereocenters. The molecule has 0 radical (unpaired) electrons.